The molecule has 1 aromatic carbocycles. The molecule has 5 nitrogen and oxygen atoms in total. The molecule has 0 unspecified atom stereocenters. The summed E-state index contributed by atoms with van der Waals surface area (Å²) in [4.78, 5) is 8.05. The maximum absolute atomic E-state index is 5.75. The average molecular weight is 248 g/mol. The molecule has 0 fully saturated rings. The third-order valence-corrected chi connectivity index (χ3v) is 2.63. The van der Waals surface area contributed by atoms with Crippen molar-refractivity contribution >= 4 is 19.3 Å². The highest BCUT2D eigenvalue weighted by Gasteiger charge is 2.13. The van der Waals surface area contributed by atoms with E-state index in [0.717, 1.165) is 5.56 Å². The lowest BCUT2D eigenvalue weighted by Gasteiger charge is -2.00. The largest absolute Gasteiger partial charge is 0.382 e. The second kappa shape index (κ2) is 4.57. The van der Waals surface area contributed by atoms with Crippen molar-refractivity contribution in [3.8, 4) is 22.7 Å². The zero-order chi connectivity index (χ0) is 13.2. The summed E-state index contributed by atoms with van der Waals surface area (Å²) in [6.07, 6.45) is 1.40. The van der Waals surface area contributed by atoms with Crippen molar-refractivity contribution in [3.63, 3.8) is 0 Å². The normalized spacial score (nSPS) is 10.5. The van der Waals surface area contributed by atoms with Crippen molar-refractivity contribution in [2.45, 2.75) is 0 Å². The summed E-state index contributed by atoms with van der Waals surface area (Å²) in [5, 5.41) is 3.99. The van der Waals surface area contributed by atoms with Gasteiger partial charge in [0.2, 0.25) is 0 Å². The number of nitrogens with zero attached hydrogens (tertiary/aromatic N) is 3. The summed E-state index contributed by atoms with van der Waals surface area (Å²) in [6.45, 7) is 0. The van der Waals surface area contributed by atoms with Crippen LogP contribution in [0.5, 0.6) is 0 Å². The fourth-order valence-electron chi connectivity index (χ4n) is 1.73. The van der Waals surface area contributed by atoms with Gasteiger partial charge in [-0.2, -0.15) is 0 Å². The van der Waals surface area contributed by atoms with E-state index in [1.807, 2.05) is 30.3 Å². The Hall–Kier alpha value is -2.63. The Morgan fingerprint density at radius 1 is 1.16 bits per heavy atom. The highest BCUT2D eigenvalue weighted by Crippen LogP contribution is 2.26. The highest BCUT2D eigenvalue weighted by molar-refractivity contribution is 6.30. The maximum Gasteiger partial charge on any atom is 0.189 e. The Labute approximate surface area is 110 Å². The number of rotatable bonds is 2. The van der Waals surface area contributed by atoms with Crippen molar-refractivity contribution in [2.24, 2.45) is 0 Å². The summed E-state index contributed by atoms with van der Waals surface area (Å²) in [5.41, 5.74) is 8.09. The second-order valence-corrected chi connectivity index (χ2v) is 3.97. The summed E-state index contributed by atoms with van der Waals surface area (Å²) < 4.78 is 5.25. The lowest BCUT2D eigenvalue weighted by atomic mass is 10.1. The minimum atomic E-state index is 0.255. The van der Waals surface area contributed by atoms with Crippen LogP contribution in [0.3, 0.4) is 0 Å². The quantitative estimate of drug-likeness (QED) is 0.689. The Morgan fingerprint density at radius 2 is 1.95 bits per heavy atom. The first-order valence-electron chi connectivity index (χ1n) is 5.64. The van der Waals surface area contributed by atoms with E-state index in [1.54, 1.807) is 6.07 Å². The van der Waals surface area contributed by atoms with Crippen molar-refractivity contribution in [1.82, 2.24) is 15.1 Å². The highest BCUT2D eigenvalue weighted by atomic mass is 16.5. The first-order valence-corrected chi connectivity index (χ1v) is 5.64. The van der Waals surface area contributed by atoms with Crippen LogP contribution in [0.1, 0.15) is 0 Å². The third kappa shape index (κ3) is 2.20. The summed E-state index contributed by atoms with van der Waals surface area (Å²) in [6, 6.07) is 11.4. The molecule has 0 saturated heterocycles. The average Bonchev–Trinajstić information content (AvgIpc) is 2.92. The number of nitrogen functional groups attached to an aromatic ring is 1. The Balaban J connectivity index is 2.04. The van der Waals surface area contributed by atoms with Gasteiger partial charge in [0.25, 0.3) is 0 Å². The van der Waals surface area contributed by atoms with Gasteiger partial charge in [-0.15, -0.1) is 0 Å². The Bertz CT molecular complexity index is 712. The van der Waals surface area contributed by atoms with Gasteiger partial charge in [0.05, 0.1) is 0 Å². The minimum Gasteiger partial charge on any atom is -0.382 e. The van der Waals surface area contributed by atoms with Gasteiger partial charge in [0.1, 0.15) is 19.2 Å². The molecule has 19 heavy (non-hydrogen) atoms. The van der Waals surface area contributed by atoms with Crippen molar-refractivity contribution in [3.05, 3.63) is 42.6 Å². The number of benzene rings is 1. The molecule has 3 aromatic rings. The molecule has 0 aliphatic carbocycles. The molecular weight excluding hydrogens is 239 g/mol. The molecule has 2 radical (unpaired) electrons. The number of aromatic nitrogens is 3. The van der Waals surface area contributed by atoms with Crippen LogP contribution in [-0.4, -0.2) is 23.0 Å². The lowest BCUT2D eigenvalue weighted by Crippen LogP contribution is -2.12. The number of anilines is 1. The van der Waals surface area contributed by atoms with Crippen LogP contribution in [0.15, 0.2) is 47.1 Å². The van der Waals surface area contributed by atoms with Gasteiger partial charge in [-0.05, 0) is 0 Å². The fourth-order valence-corrected chi connectivity index (χ4v) is 1.73. The van der Waals surface area contributed by atoms with E-state index in [1.165, 1.54) is 6.20 Å². The molecule has 0 bridgehead atoms. The van der Waals surface area contributed by atoms with Crippen LogP contribution in [0.2, 0.25) is 0 Å². The van der Waals surface area contributed by atoms with Crippen LogP contribution < -0.4 is 11.3 Å². The Morgan fingerprint density at radius 3 is 2.74 bits per heavy atom. The van der Waals surface area contributed by atoms with E-state index in [2.05, 4.69) is 15.1 Å². The number of nitrogens with two attached hydrogens (primary N) is 1. The van der Waals surface area contributed by atoms with Gasteiger partial charge < -0.3 is 10.3 Å². The zero-order valence-electron chi connectivity index (χ0n) is 9.95. The monoisotopic (exact) mass is 248 g/mol. The number of hydrogen-bond acceptors (Lipinski definition) is 5. The fraction of sp³-hybridized carbons (Fsp3) is 0. The summed E-state index contributed by atoms with van der Waals surface area (Å²) >= 11 is 0. The first-order chi connectivity index (χ1) is 9.24. The SMILES string of the molecule is [B]c1cnc(N)c(-c2cc(-c3ccccc3)no2)n1. The zero-order valence-corrected chi connectivity index (χ0v) is 9.95. The first kappa shape index (κ1) is 11.5. The van der Waals surface area contributed by atoms with Crippen LogP contribution in [-0.2, 0) is 0 Å². The molecule has 2 N–H and O–H groups in total. The molecule has 2 aromatic heterocycles. The smallest absolute Gasteiger partial charge is 0.189 e. The number of hydrogen-bond donors (Lipinski definition) is 1. The molecule has 0 saturated carbocycles. The predicted molar refractivity (Wildman–Crippen MR) is 72.8 cm³/mol. The van der Waals surface area contributed by atoms with Gasteiger partial charge in [-0.1, -0.05) is 35.5 Å². The summed E-state index contributed by atoms with van der Waals surface area (Å²) in [5.74, 6) is 0.695. The molecule has 2 heterocycles. The molecule has 0 spiro atoms. The standard InChI is InChI=1S/C13H9BN4O/c14-11-7-16-13(15)12(17-11)10-6-9(18-19-10)8-4-2-1-3-5-8/h1-7H,(H2,15,16). The van der Waals surface area contributed by atoms with Crippen molar-refractivity contribution in [2.75, 3.05) is 5.73 Å². The Kier molecular flexibility index (Phi) is 2.76. The summed E-state index contributed by atoms with van der Waals surface area (Å²) in [7, 11) is 5.59. The molecule has 0 amide bonds. The van der Waals surface area contributed by atoms with Gasteiger partial charge in [0.15, 0.2) is 11.6 Å². The van der Waals surface area contributed by atoms with Crippen molar-refractivity contribution < 1.29 is 4.52 Å². The van der Waals surface area contributed by atoms with Crippen LogP contribution >= 0.6 is 0 Å². The second-order valence-electron chi connectivity index (χ2n) is 3.97. The molecule has 0 aliphatic heterocycles. The molecule has 6 heteroatoms. The van der Waals surface area contributed by atoms with Crippen LogP contribution in [0.4, 0.5) is 5.82 Å². The lowest BCUT2D eigenvalue weighted by molar-refractivity contribution is 0.434. The van der Waals surface area contributed by atoms with E-state index in [0.29, 0.717) is 17.1 Å². The van der Waals surface area contributed by atoms with E-state index in [4.69, 9.17) is 18.1 Å². The van der Waals surface area contributed by atoms with Gasteiger partial charge in [-0.3, -0.25) is 4.98 Å². The molecule has 90 valence electrons. The molecular formula is C13H9BN4O. The van der Waals surface area contributed by atoms with E-state index in [9.17, 15) is 0 Å². The topological polar surface area (TPSA) is 77.8 Å². The molecule has 0 atom stereocenters. The van der Waals surface area contributed by atoms with Gasteiger partial charge >= 0.3 is 0 Å². The predicted octanol–water partition coefficient (Wildman–Crippen LogP) is 1.17. The maximum atomic E-state index is 5.75. The van der Waals surface area contributed by atoms with E-state index < -0.39 is 0 Å². The van der Waals surface area contributed by atoms with Crippen LogP contribution in [0, 0.1) is 0 Å². The van der Waals surface area contributed by atoms with Crippen LogP contribution in [0.25, 0.3) is 22.7 Å². The van der Waals surface area contributed by atoms with Gasteiger partial charge in [0, 0.05) is 23.4 Å². The molecule has 3 rings (SSSR count). The van der Waals surface area contributed by atoms with E-state index >= 15 is 0 Å². The molecule has 0 aliphatic rings. The minimum absolute atomic E-state index is 0.255. The van der Waals surface area contributed by atoms with Crippen molar-refractivity contribution in [1.29, 1.82) is 0 Å². The third-order valence-electron chi connectivity index (χ3n) is 2.63. The van der Waals surface area contributed by atoms with Gasteiger partial charge in [-0.25, -0.2) is 4.98 Å². The van der Waals surface area contributed by atoms with E-state index in [-0.39, 0.29) is 11.4 Å².